The summed E-state index contributed by atoms with van der Waals surface area (Å²) in [6.07, 6.45) is -8.33. The average molecular weight is 490 g/mol. The molecule has 0 aromatic rings. The fourth-order valence-corrected chi connectivity index (χ4v) is 4.71. The zero-order chi connectivity index (χ0) is 25.2. The molecule has 10 unspecified atom stereocenters. The number of carbonyl (C=O) groups excluding carboxylic acids is 3. The molecule has 3 aliphatic rings. The SMILES string of the molecule is COC(=O)C1=COC(OC2OC(CO)C(O)C(O)C2O)C2C1CC(OC(C)=O)C2COC(C)=O. The minimum absolute atomic E-state index is 0.156. The second-order valence-corrected chi connectivity index (χ2v) is 8.44. The van der Waals surface area contributed by atoms with Crippen molar-refractivity contribution < 1.29 is 63.2 Å². The van der Waals surface area contributed by atoms with Crippen LogP contribution in [0.4, 0.5) is 0 Å². The highest BCUT2D eigenvalue weighted by atomic mass is 16.8. The van der Waals surface area contributed by atoms with Gasteiger partial charge in [0.05, 0.1) is 32.2 Å². The minimum atomic E-state index is -1.69. The van der Waals surface area contributed by atoms with E-state index in [-0.39, 0.29) is 18.6 Å². The molecule has 1 aliphatic carbocycles. The molecule has 1 saturated carbocycles. The number of hydrogen-bond donors (Lipinski definition) is 4. The summed E-state index contributed by atoms with van der Waals surface area (Å²) in [5, 5.41) is 39.8. The third kappa shape index (κ3) is 5.34. The Morgan fingerprint density at radius 3 is 2.35 bits per heavy atom. The number of esters is 3. The first-order chi connectivity index (χ1) is 16.1. The molecule has 0 spiro atoms. The van der Waals surface area contributed by atoms with Gasteiger partial charge in [-0.15, -0.1) is 0 Å². The maximum Gasteiger partial charge on any atom is 0.337 e. The second kappa shape index (κ2) is 11.0. The lowest BCUT2D eigenvalue weighted by Crippen LogP contribution is -2.60. The van der Waals surface area contributed by atoms with Gasteiger partial charge in [-0.3, -0.25) is 9.59 Å². The summed E-state index contributed by atoms with van der Waals surface area (Å²) in [6, 6.07) is 0. The van der Waals surface area contributed by atoms with Gasteiger partial charge >= 0.3 is 17.9 Å². The number of aliphatic hydroxyl groups excluding tert-OH is 4. The van der Waals surface area contributed by atoms with Crippen molar-refractivity contribution in [2.75, 3.05) is 20.3 Å². The van der Waals surface area contributed by atoms with Crippen molar-refractivity contribution in [3.8, 4) is 0 Å². The molecular weight excluding hydrogens is 460 g/mol. The third-order valence-corrected chi connectivity index (χ3v) is 6.30. The van der Waals surface area contributed by atoms with Gasteiger partial charge in [0, 0.05) is 31.6 Å². The highest BCUT2D eigenvalue weighted by Gasteiger charge is 2.56. The van der Waals surface area contributed by atoms with Crippen LogP contribution in [0.25, 0.3) is 0 Å². The van der Waals surface area contributed by atoms with Crippen LogP contribution in [0, 0.1) is 17.8 Å². The first-order valence-corrected chi connectivity index (χ1v) is 10.8. The predicted molar refractivity (Wildman–Crippen MR) is 107 cm³/mol. The monoisotopic (exact) mass is 490 g/mol. The zero-order valence-corrected chi connectivity index (χ0v) is 18.9. The van der Waals surface area contributed by atoms with E-state index in [0.717, 1.165) is 6.26 Å². The van der Waals surface area contributed by atoms with Crippen LogP contribution in [-0.4, -0.2) is 102 Å². The molecular formula is C21H30O13. The van der Waals surface area contributed by atoms with Crippen molar-refractivity contribution in [3.05, 3.63) is 11.8 Å². The number of hydrogen-bond acceptors (Lipinski definition) is 13. The van der Waals surface area contributed by atoms with Crippen molar-refractivity contribution in [2.24, 2.45) is 17.8 Å². The van der Waals surface area contributed by atoms with Crippen molar-refractivity contribution in [3.63, 3.8) is 0 Å². The Balaban J connectivity index is 1.91. The number of aliphatic hydroxyl groups is 4. The summed E-state index contributed by atoms with van der Waals surface area (Å²) < 4.78 is 32.3. The van der Waals surface area contributed by atoms with Gasteiger partial charge in [0.1, 0.15) is 30.5 Å². The highest BCUT2D eigenvalue weighted by molar-refractivity contribution is 5.89. The lowest BCUT2D eigenvalue weighted by molar-refractivity contribution is -0.343. The van der Waals surface area contributed by atoms with Crippen molar-refractivity contribution in [1.29, 1.82) is 0 Å². The largest absolute Gasteiger partial charge is 0.472 e. The zero-order valence-electron chi connectivity index (χ0n) is 18.9. The smallest absolute Gasteiger partial charge is 0.337 e. The Morgan fingerprint density at radius 2 is 1.76 bits per heavy atom. The molecule has 13 heteroatoms. The molecule has 2 aliphatic heterocycles. The second-order valence-electron chi connectivity index (χ2n) is 8.44. The van der Waals surface area contributed by atoms with Crippen LogP contribution < -0.4 is 0 Å². The maximum atomic E-state index is 12.4. The predicted octanol–water partition coefficient (Wildman–Crippen LogP) is -2.04. The van der Waals surface area contributed by atoms with E-state index in [1.807, 2.05) is 0 Å². The molecule has 2 fully saturated rings. The molecule has 192 valence electrons. The van der Waals surface area contributed by atoms with Gasteiger partial charge in [0.2, 0.25) is 6.29 Å². The number of methoxy groups -OCH3 is 1. The molecule has 0 bridgehead atoms. The summed E-state index contributed by atoms with van der Waals surface area (Å²) in [5.41, 5.74) is 0.156. The standard InChI is InChI=1S/C21H30O13/c1-8(23)30-7-12-13(32-9(2)24)4-10-11(19(28)29-3)6-31-20(15(10)12)34-21-18(27)17(26)16(25)14(5-22)33-21/h6,10,12-18,20-22,25-27H,4-5,7H2,1-3H3. The molecule has 0 aromatic carbocycles. The Bertz CT molecular complexity index is 796. The van der Waals surface area contributed by atoms with E-state index in [1.54, 1.807) is 0 Å². The van der Waals surface area contributed by atoms with E-state index in [9.17, 15) is 34.8 Å². The number of ether oxygens (including phenoxy) is 6. The molecule has 0 amide bonds. The van der Waals surface area contributed by atoms with E-state index in [0.29, 0.717) is 0 Å². The Labute approximate surface area is 195 Å². The summed E-state index contributed by atoms with van der Waals surface area (Å²) in [6.45, 7) is 1.60. The van der Waals surface area contributed by atoms with Gasteiger partial charge in [-0.1, -0.05) is 0 Å². The van der Waals surface area contributed by atoms with Crippen LogP contribution >= 0.6 is 0 Å². The Kier molecular flexibility index (Phi) is 8.49. The molecule has 0 radical (unpaired) electrons. The number of carbonyl (C=O) groups is 3. The molecule has 1 saturated heterocycles. The fourth-order valence-electron chi connectivity index (χ4n) is 4.71. The van der Waals surface area contributed by atoms with Gasteiger partial charge in [-0.25, -0.2) is 4.79 Å². The summed E-state index contributed by atoms with van der Waals surface area (Å²) in [7, 11) is 1.20. The van der Waals surface area contributed by atoms with Crippen molar-refractivity contribution in [1.82, 2.24) is 0 Å². The molecule has 2 heterocycles. The minimum Gasteiger partial charge on any atom is -0.472 e. The topological polar surface area (TPSA) is 188 Å². The summed E-state index contributed by atoms with van der Waals surface area (Å²) in [4.78, 5) is 35.6. The molecule has 10 atom stereocenters. The van der Waals surface area contributed by atoms with Crippen LogP contribution in [0.3, 0.4) is 0 Å². The Hall–Kier alpha value is -2.29. The normalized spacial score (nSPS) is 39.3. The lowest BCUT2D eigenvalue weighted by atomic mass is 9.83. The van der Waals surface area contributed by atoms with Crippen molar-refractivity contribution >= 4 is 17.9 Å². The molecule has 0 aromatic heterocycles. The highest BCUT2D eigenvalue weighted by Crippen LogP contribution is 2.49. The van der Waals surface area contributed by atoms with Crippen LogP contribution in [0.15, 0.2) is 11.8 Å². The third-order valence-electron chi connectivity index (χ3n) is 6.30. The molecule has 3 rings (SSSR count). The summed E-state index contributed by atoms with van der Waals surface area (Å²) >= 11 is 0. The van der Waals surface area contributed by atoms with E-state index in [2.05, 4.69) is 0 Å². The van der Waals surface area contributed by atoms with E-state index >= 15 is 0 Å². The lowest BCUT2D eigenvalue weighted by Gasteiger charge is -2.43. The fraction of sp³-hybridized carbons (Fsp3) is 0.762. The molecule has 34 heavy (non-hydrogen) atoms. The van der Waals surface area contributed by atoms with Crippen LogP contribution in [0.2, 0.25) is 0 Å². The van der Waals surface area contributed by atoms with Gasteiger partial charge in [0.15, 0.2) is 6.29 Å². The van der Waals surface area contributed by atoms with E-state index in [1.165, 1.54) is 21.0 Å². The Morgan fingerprint density at radius 1 is 1.06 bits per heavy atom. The number of rotatable bonds is 7. The van der Waals surface area contributed by atoms with Crippen LogP contribution in [0.5, 0.6) is 0 Å². The van der Waals surface area contributed by atoms with Gasteiger partial charge in [0.25, 0.3) is 0 Å². The van der Waals surface area contributed by atoms with Gasteiger partial charge < -0.3 is 48.8 Å². The van der Waals surface area contributed by atoms with E-state index in [4.69, 9.17) is 28.4 Å². The van der Waals surface area contributed by atoms with Crippen LogP contribution in [0.1, 0.15) is 20.3 Å². The van der Waals surface area contributed by atoms with Gasteiger partial charge in [-0.2, -0.15) is 0 Å². The van der Waals surface area contributed by atoms with E-state index < -0.39 is 85.4 Å². The van der Waals surface area contributed by atoms with Crippen LogP contribution in [-0.2, 0) is 42.8 Å². The quantitative estimate of drug-likeness (QED) is 0.226. The number of fused-ring (bicyclic) bond motifs is 1. The summed E-state index contributed by atoms with van der Waals surface area (Å²) in [5.74, 6) is -3.81. The van der Waals surface area contributed by atoms with Gasteiger partial charge in [-0.05, 0) is 6.42 Å². The maximum absolute atomic E-state index is 12.4. The average Bonchev–Trinajstić information content (AvgIpc) is 3.15. The van der Waals surface area contributed by atoms with Crippen molar-refractivity contribution in [2.45, 2.75) is 63.4 Å². The first kappa shape index (κ1) is 26.3. The molecule has 13 nitrogen and oxygen atoms in total. The first-order valence-electron chi connectivity index (χ1n) is 10.8. The molecule has 4 N–H and O–H groups in total.